The van der Waals surface area contributed by atoms with Crippen LogP contribution in [-0.4, -0.2) is 22.5 Å². The summed E-state index contributed by atoms with van der Waals surface area (Å²) in [6.45, 7) is 27.3. The molecule has 0 amide bonds. The normalized spacial score (nSPS) is 21.3. The van der Waals surface area contributed by atoms with Crippen LogP contribution in [0.2, 0.25) is 0 Å². The Morgan fingerprint density at radius 1 is 1.07 bits per heavy atom. The number of pyridine rings is 1. The highest BCUT2D eigenvalue weighted by molar-refractivity contribution is 5.70. The summed E-state index contributed by atoms with van der Waals surface area (Å²) >= 11 is 0. The highest BCUT2D eigenvalue weighted by atomic mass is 15.2. The van der Waals surface area contributed by atoms with Crippen LogP contribution in [0, 0.1) is 5.92 Å². The van der Waals surface area contributed by atoms with E-state index in [4.69, 9.17) is 0 Å². The molecule has 0 spiro atoms. The third kappa shape index (κ3) is 8.07. The van der Waals surface area contributed by atoms with Crippen LogP contribution in [0.3, 0.4) is 0 Å². The minimum Gasteiger partial charge on any atom is -0.289 e. The van der Waals surface area contributed by atoms with Gasteiger partial charge in [0.25, 0.3) is 0 Å². The van der Waals surface area contributed by atoms with E-state index in [1.165, 1.54) is 31.4 Å². The number of hydrogen-bond acceptors (Lipinski definition) is 2. The van der Waals surface area contributed by atoms with Crippen LogP contribution in [0.25, 0.3) is 5.57 Å². The molecular formula is C28H48N2. The molecule has 3 atom stereocenters. The number of piperidine rings is 1. The van der Waals surface area contributed by atoms with Crippen LogP contribution in [0.5, 0.6) is 0 Å². The van der Waals surface area contributed by atoms with Crippen molar-refractivity contribution in [2.24, 2.45) is 5.92 Å². The molecule has 3 unspecified atom stereocenters. The Morgan fingerprint density at radius 2 is 1.70 bits per heavy atom. The lowest BCUT2D eigenvalue weighted by Crippen LogP contribution is -2.47. The predicted octanol–water partition coefficient (Wildman–Crippen LogP) is 8.65. The maximum Gasteiger partial charge on any atom is 0.0698 e. The average Bonchev–Trinajstić information content (AvgIpc) is 2.86. The largest absolute Gasteiger partial charge is 0.289 e. The van der Waals surface area contributed by atoms with Crippen LogP contribution in [0.15, 0.2) is 62.4 Å². The topological polar surface area (TPSA) is 16.1 Å². The minimum atomic E-state index is 0.503. The van der Waals surface area contributed by atoms with Gasteiger partial charge in [0.2, 0.25) is 0 Å². The molecule has 170 valence electrons. The molecule has 4 rings (SSSR count). The van der Waals surface area contributed by atoms with Gasteiger partial charge in [-0.25, -0.2) is 0 Å². The lowest BCUT2D eigenvalue weighted by molar-refractivity contribution is 0.0636. The van der Waals surface area contributed by atoms with Gasteiger partial charge in [-0.1, -0.05) is 85.4 Å². The summed E-state index contributed by atoms with van der Waals surface area (Å²) in [7, 11) is 0. The van der Waals surface area contributed by atoms with Crippen molar-refractivity contribution in [1.29, 1.82) is 0 Å². The fraction of sp³-hybridized carbons (Fsp3) is 0.536. The number of fused-ring (bicyclic) bond motifs is 2. The van der Waals surface area contributed by atoms with Crippen LogP contribution in [-0.2, 0) is 0 Å². The molecule has 1 saturated heterocycles. The van der Waals surface area contributed by atoms with Crippen molar-refractivity contribution in [3.05, 3.63) is 73.6 Å². The number of allylic oxidation sites excluding steroid dienone is 3. The second-order valence-electron chi connectivity index (χ2n) is 6.30. The van der Waals surface area contributed by atoms with E-state index in [2.05, 4.69) is 73.1 Å². The Bertz CT molecular complexity index is 598. The van der Waals surface area contributed by atoms with E-state index in [1.807, 2.05) is 54.5 Å². The summed E-state index contributed by atoms with van der Waals surface area (Å²) in [5.74, 6) is 0.643. The Balaban J connectivity index is 0. The molecule has 1 fully saturated rings. The zero-order valence-corrected chi connectivity index (χ0v) is 21.1. The van der Waals surface area contributed by atoms with Gasteiger partial charge in [-0.2, -0.15) is 0 Å². The molecule has 3 aliphatic rings. The van der Waals surface area contributed by atoms with Crippen molar-refractivity contribution in [1.82, 2.24) is 9.88 Å². The molecule has 3 heterocycles. The molecule has 1 aromatic heterocycles. The van der Waals surface area contributed by atoms with Crippen LogP contribution in [0.1, 0.15) is 92.0 Å². The van der Waals surface area contributed by atoms with E-state index >= 15 is 0 Å². The van der Waals surface area contributed by atoms with Gasteiger partial charge in [0.15, 0.2) is 0 Å². The molecule has 2 heteroatoms. The molecule has 1 aromatic rings. The SMILES string of the molecule is C=C.C=C/C(=C\C)c1ccc(C2C3C=CC(CC3)N2CCC)cn1.CC.CC.CC. The molecule has 1 aliphatic carbocycles. The molecule has 0 saturated carbocycles. The smallest absolute Gasteiger partial charge is 0.0698 e. The number of aromatic nitrogens is 1. The maximum absolute atomic E-state index is 4.68. The molecule has 2 aliphatic heterocycles. The van der Waals surface area contributed by atoms with Gasteiger partial charge < -0.3 is 0 Å². The van der Waals surface area contributed by atoms with Crippen LogP contribution >= 0.6 is 0 Å². The number of rotatable bonds is 5. The first-order valence-electron chi connectivity index (χ1n) is 12.0. The second-order valence-corrected chi connectivity index (χ2v) is 6.30. The molecular weight excluding hydrogens is 364 g/mol. The lowest BCUT2D eigenvalue weighted by atomic mass is 9.77. The molecule has 0 N–H and O–H groups in total. The Kier molecular flexibility index (Phi) is 19.2. The fourth-order valence-corrected chi connectivity index (χ4v) is 3.94. The Labute approximate surface area is 188 Å². The van der Waals surface area contributed by atoms with Crippen molar-refractivity contribution in [2.75, 3.05) is 6.54 Å². The molecule has 0 aromatic carbocycles. The summed E-state index contributed by atoms with van der Waals surface area (Å²) in [4.78, 5) is 7.36. The van der Waals surface area contributed by atoms with Crippen LogP contribution < -0.4 is 0 Å². The van der Waals surface area contributed by atoms with E-state index in [9.17, 15) is 0 Å². The van der Waals surface area contributed by atoms with Crippen LogP contribution in [0.4, 0.5) is 0 Å². The van der Waals surface area contributed by atoms with E-state index < -0.39 is 0 Å². The quantitative estimate of drug-likeness (QED) is 0.355. The second kappa shape index (κ2) is 19.1. The van der Waals surface area contributed by atoms with E-state index in [0.717, 1.165) is 11.3 Å². The molecule has 2 nitrogen and oxygen atoms in total. The van der Waals surface area contributed by atoms with Gasteiger partial charge in [-0.05, 0) is 55.9 Å². The lowest BCUT2D eigenvalue weighted by Gasteiger charge is -2.48. The van der Waals surface area contributed by atoms with Gasteiger partial charge in [0.1, 0.15) is 0 Å². The zero-order valence-electron chi connectivity index (χ0n) is 21.1. The summed E-state index contributed by atoms with van der Waals surface area (Å²) in [5, 5.41) is 0. The first-order valence-corrected chi connectivity index (χ1v) is 12.0. The number of hydrogen-bond donors (Lipinski definition) is 0. The van der Waals surface area contributed by atoms with E-state index in [0.29, 0.717) is 18.0 Å². The van der Waals surface area contributed by atoms with Gasteiger partial charge in [0.05, 0.1) is 5.69 Å². The highest BCUT2D eigenvalue weighted by Gasteiger charge is 2.38. The van der Waals surface area contributed by atoms with Crippen molar-refractivity contribution in [3.63, 3.8) is 0 Å². The van der Waals surface area contributed by atoms with Crippen molar-refractivity contribution in [3.8, 4) is 0 Å². The van der Waals surface area contributed by atoms with Crippen molar-refractivity contribution >= 4 is 5.57 Å². The Hall–Kier alpha value is -1.93. The first-order chi connectivity index (χ1) is 14.8. The minimum absolute atomic E-state index is 0.503. The third-order valence-electron chi connectivity index (χ3n) is 5.00. The Morgan fingerprint density at radius 3 is 2.10 bits per heavy atom. The predicted molar refractivity (Wildman–Crippen MR) is 139 cm³/mol. The first kappa shape index (κ1) is 30.3. The fourth-order valence-electron chi connectivity index (χ4n) is 3.94. The summed E-state index contributed by atoms with van der Waals surface area (Å²) in [6, 6.07) is 5.52. The van der Waals surface area contributed by atoms with Gasteiger partial charge in [-0.15, -0.1) is 13.2 Å². The highest BCUT2D eigenvalue weighted by Crippen LogP contribution is 2.43. The summed E-state index contributed by atoms with van der Waals surface area (Å²) < 4.78 is 0. The van der Waals surface area contributed by atoms with Gasteiger partial charge >= 0.3 is 0 Å². The maximum atomic E-state index is 4.68. The monoisotopic (exact) mass is 412 g/mol. The van der Waals surface area contributed by atoms with Gasteiger partial charge in [-0.3, -0.25) is 9.88 Å². The molecule has 30 heavy (non-hydrogen) atoms. The van der Waals surface area contributed by atoms with Crippen molar-refractivity contribution < 1.29 is 0 Å². The summed E-state index contributed by atoms with van der Waals surface area (Å²) in [6.07, 6.45) is 14.7. The third-order valence-corrected chi connectivity index (χ3v) is 5.00. The van der Waals surface area contributed by atoms with Gasteiger partial charge in [0, 0.05) is 18.3 Å². The molecule has 2 bridgehead atoms. The molecule has 0 radical (unpaired) electrons. The summed E-state index contributed by atoms with van der Waals surface area (Å²) in [5.41, 5.74) is 3.47. The zero-order chi connectivity index (χ0) is 23.5. The van der Waals surface area contributed by atoms with E-state index in [1.54, 1.807) is 0 Å². The van der Waals surface area contributed by atoms with Crippen molar-refractivity contribution in [2.45, 2.75) is 86.7 Å². The standard InChI is InChI=1S/C20H26N2.3C2H6.C2H4/c1-4-13-22-18-10-7-16(8-11-18)20(22)17-9-12-19(21-14-17)15(5-2)6-3;4*1-2/h5-7,9-10,12,14,16,18,20H,2,4,8,11,13H2,1,3H3;3*1-2H3;1-2H2/b15-6+;;;;. The number of nitrogens with zero attached hydrogens (tertiary/aromatic N) is 2. The van der Waals surface area contributed by atoms with E-state index in [-0.39, 0.29) is 0 Å². The average molecular weight is 413 g/mol.